The Kier molecular flexibility index (Phi) is 6.70. The molecule has 0 N–H and O–H groups in total. The van der Waals surface area contributed by atoms with Gasteiger partial charge < -0.3 is 4.74 Å². The van der Waals surface area contributed by atoms with Crippen LogP contribution < -0.4 is 0 Å². The number of aryl methyl sites for hydroxylation is 1. The Morgan fingerprint density at radius 1 is 1.19 bits per heavy atom. The number of fused-ring (bicyclic) bond motifs is 1. The summed E-state index contributed by atoms with van der Waals surface area (Å²) in [5.74, 6) is 0.434. The second-order valence-corrected chi connectivity index (χ2v) is 7.73. The first-order valence-corrected chi connectivity index (χ1v) is 10.5. The second-order valence-electron chi connectivity index (χ2n) is 7.73. The Bertz CT molecular complexity index is 761. The van der Waals surface area contributed by atoms with Crippen molar-refractivity contribution in [2.24, 2.45) is 5.92 Å². The predicted octanol–water partition coefficient (Wildman–Crippen LogP) is 5.30. The van der Waals surface area contributed by atoms with Gasteiger partial charge in [0.1, 0.15) is 0 Å². The van der Waals surface area contributed by atoms with E-state index in [0.717, 1.165) is 49.8 Å². The van der Waals surface area contributed by atoms with Crippen LogP contribution in [0.1, 0.15) is 80.2 Å². The molecule has 4 nitrogen and oxygen atoms in total. The third-order valence-electron chi connectivity index (χ3n) is 5.57. The number of hydrogen-bond donors (Lipinski definition) is 0. The van der Waals surface area contributed by atoms with Gasteiger partial charge in [-0.15, -0.1) is 0 Å². The lowest BCUT2D eigenvalue weighted by molar-refractivity contribution is 0.0485. The summed E-state index contributed by atoms with van der Waals surface area (Å²) in [5, 5.41) is 4.64. The van der Waals surface area contributed by atoms with E-state index in [-0.39, 0.29) is 5.97 Å². The summed E-state index contributed by atoms with van der Waals surface area (Å²) in [4.78, 5) is 12.6. The van der Waals surface area contributed by atoms with Crippen LogP contribution in [0, 0.1) is 5.92 Å². The van der Waals surface area contributed by atoms with E-state index < -0.39 is 0 Å². The van der Waals surface area contributed by atoms with E-state index in [0.29, 0.717) is 18.2 Å². The number of aromatic nitrogens is 2. The van der Waals surface area contributed by atoms with Crippen molar-refractivity contribution in [1.82, 2.24) is 9.78 Å². The molecule has 0 fully saturated rings. The molecule has 0 spiro atoms. The molecule has 1 unspecified atom stereocenters. The highest BCUT2D eigenvalue weighted by atomic mass is 16.5. The van der Waals surface area contributed by atoms with Crippen LogP contribution in [-0.2, 0) is 24.0 Å². The van der Waals surface area contributed by atoms with Crippen LogP contribution in [0.2, 0.25) is 0 Å². The van der Waals surface area contributed by atoms with Gasteiger partial charge in [0.25, 0.3) is 0 Å². The first-order valence-electron chi connectivity index (χ1n) is 10.5. The number of carbonyl (C=O) groups excluding carboxylic acids is 1. The molecule has 1 aromatic heterocycles. The molecule has 1 heterocycles. The van der Waals surface area contributed by atoms with Gasteiger partial charge in [0, 0.05) is 11.3 Å². The van der Waals surface area contributed by atoms with E-state index in [1.165, 1.54) is 24.1 Å². The Morgan fingerprint density at radius 2 is 1.96 bits per heavy atom. The SMILES string of the molecule is CCCC(C)CCCOC(=O)c1nn(-c2ccc(CC)cc2)c2c1CCC2. The highest BCUT2D eigenvalue weighted by Gasteiger charge is 2.27. The Balaban J connectivity index is 1.68. The summed E-state index contributed by atoms with van der Waals surface area (Å²) in [7, 11) is 0. The van der Waals surface area contributed by atoms with Gasteiger partial charge in [0.15, 0.2) is 5.69 Å². The largest absolute Gasteiger partial charge is 0.461 e. The molecule has 1 aliphatic rings. The number of hydrogen-bond acceptors (Lipinski definition) is 3. The van der Waals surface area contributed by atoms with Crippen molar-refractivity contribution in [3.63, 3.8) is 0 Å². The molecule has 0 radical (unpaired) electrons. The fourth-order valence-corrected chi connectivity index (χ4v) is 3.99. The van der Waals surface area contributed by atoms with E-state index in [4.69, 9.17) is 4.74 Å². The van der Waals surface area contributed by atoms with Crippen LogP contribution in [0.4, 0.5) is 0 Å². The third kappa shape index (κ3) is 4.60. The summed E-state index contributed by atoms with van der Waals surface area (Å²) in [5.41, 5.74) is 5.10. The minimum atomic E-state index is -0.264. The summed E-state index contributed by atoms with van der Waals surface area (Å²) < 4.78 is 7.50. The molecule has 0 saturated carbocycles. The zero-order valence-corrected chi connectivity index (χ0v) is 17.0. The molecule has 0 aliphatic heterocycles. The maximum Gasteiger partial charge on any atom is 0.359 e. The maximum atomic E-state index is 12.6. The fraction of sp³-hybridized carbons (Fsp3) is 0.565. The lowest BCUT2D eigenvalue weighted by Crippen LogP contribution is -2.11. The first-order chi connectivity index (χ1) is 13.1. The van der Waals surface area contributed by atoms with Crippen LogP contribution in [0.5, 0.6) is 0 Å². The molecule has 0 amide bonds. The van der Waals surface area contributed by atoms with Gasteiger partial charge in [-0.2, -0.15) is 5.10 Å². The molecule has 0 bridgehead atoms. The smallest absolute Gasteiger partial charge is 0.359 e. The number of carbonyl (C=O) groups is 1. The van der Waals surface area contributed by atoms with Gasteiger partial charge >= 0.3 is 5.97 Å². The molecular formula is C23H32N2O2. The molecule has 0 saturated heterocycles. The van der Waals surface area contributed by atoms with Gasteiger partial charge in [0.2, 0.25) is 0 Å². The van der Waals surface area contributed by atoms with Crippen LogP contribution in [0.3, 0.4) is 0 Å². The topological polar surface area (TPSA) is 44.1 Å². The van der Waals surface area contributed by atoms with Crippen LogP contribution >= 0.6 is 0 Å². The quantitative estimate of drug-likeness (QED) is 0.446. The standard InChI is InChI=1S/C23H32N2O2/c1-4-8-17(3)9-7-16-27-23(26)22-20-10-6-11-21(20)25(24-22)19-14-12-18(5-2)13-15-19/h12-15,17H,4-11,16H2,1-3H3. The van der Waals surface area contributed by atoms with Gasteiger partial charge in [0.05, 0.1) is 12.3 Å². The third-order valence-corrected chi connectivity index (χ3v) is 5.57. The molecule has 1 atom stereocenters. The summed E-state index contributed by atoms with van der Waals surface area (Å²) in [6.07, 6.45) is 8.47. The number of rotatable bonds is 9. The van der Waals surface area contributed by atoms with Crippen molar-refractivity contribution >= 4 is 5.97 Å². The van der Waals surface area contributed by atoms with Crippen molar-refractivity contribution in [1.29, 1.82) is 0 Å². The van der Waals surface area contributed by atoms with Crippen LogP contribution in [0.25, 0.3) is 5.69 Å². The Hall–Kier alpha value is -2.10. The highest BCUT2D eigenvalue weighted by Crippen LogP contribution is 2.28. The molecule has 3 rings (SSSR count). The monoisotopic (exact) mass is 368 g/mol. The molecular weight excluding hydrogens is 336 g/mol. The van der Waals surface area contributed by atoms with Crippen molar-refractivity contribution in [3.05, 3.63) is 46.8 Å². The number of esters is 1. The molecule has 2 aromatic rings. The average molecular weight is 369 g/mol. The summed E-state index contributed by atoms with van der Waals surface area (Å²) >= 11 is 0. The molecule has 1 aromatic carbocycles. The minimum Gasteiger partial charge on any atom is -0.461 e. The van der Waals surface area contributed by atoms with E-state index in [2.05, 4.69) is 50.1 Å². The van der Waals surface area contributed by atoms with Crippen molar-refractivity contribution in [3.8, 4) is 5.69 Å². The fourth-order valence-electron chi connectivity index (χ4n) is 3.99. The number of ether oxygens (including phenoxy) is 1. The zero-order valence-electron chi connectivity index (χ0n) is 17.0. The van der Waals surface area contributed by atoms with Gasteiger partial charge in [-0.1, -0.05) is 45.7 Å². The van der Waals surface area contributed by atoms with Gasteiger partial charge in [-0.05, 0) is 62.1 Å². The molecule has 146 valence electrons. The lowest BCUT2D eigenvalue weighted by Gasteiger charge is -2.09. The van der Waals surface area contributed by atoms with E-state index in [9.17, 15) is 4.79 Å². The average Bonchev–Trinajstić information content (AvgIpc) is 3.28. The van der Waals surface area contributed by atoms with Gasteiger partial charge in [-0.3, -0.25) is 0 Å². The number of nitrogens with zero attached hydrogens (tertiary/aromatic N) is 2. The first kappa shape index (κ1) is 19.7. The highest BCUT2D eigenvalue weighted by molar-refractivity contribution is 5.89. The predicted molar refractivity (Wildman–Crippen MR) is 109 cm³/mol. The van der Waals surface area contributed by atoms with E-state index >= 15 is 0 Å². The second kappa shape index (κ2) is 9.20. The maximum absolute atomic E-state index is 12.6. The Labute approximate surface area is 162 Å². The van der Waals surface area contributed by atoms with Crippen molar-refractivity contribution < 1.29 is 9.53 Å². The van der Waals surface area contributed by atoms with E-state index in [1.54, 1.807) is 0 Å². The summed E-state index contributed by atoms with van der Waals surface area (Å²) in [6, 6.07) is 8.45. The zero-order chi connectivity index (χ0) is 19.2. The van der Waals surface area contributed by atoms with Gasteiger partial charge in [-0.25, -0.2) is 9.48 Å². The van der Waals surface area contributed by atoms with Crippen LogP contribution in [0.15, 0.2) is 24.3 Å². The van der Waals surface area contributed by atoms with E-state index in [1.807, 2.05) is 4.68 Å². The normalized spacial score (nSPS) is 14.2. The lowest BCUT2D eigenvalue weighted by atomic mass is 10.0. The minimum absolute atomic E-state index is 0.264. The molecule has 4 heteroatoms. The van der Waals surface area contributed by atoms with Crippen LogP contribution in [-0.4, -0.2) is 22.4 Å². The van der Waals surface area contributed by atoms with Crippen molar-refractivity contribution in [2.45, 2.75) is 72.1 Å². The molecule has 1 aliphatic carbocycles. The summed E-state index contributed by atoms with van der Waals surface area (Å²) in [6.45, 7) is 7.12. The van der Waals surface area contributed by atoms with Crippen molar-refractivity contribution in [2.75, 3.05) is 6.61 Å². The number of benzene rings is 1. The Morgan fingerprint density at radius 3 is 2.67 bits per heavy atom. The molecule has 27 heavy (non-hydrogen) atoms.